The predicted octanol–water partition coefficient (Wildman–Crippen LogP) is 0.908. The van der Waals surface area contributed by atoms with E-state index in [1.807, 2.05) is 0 Å². The van der Waals surface area contributed by atoms with Gasteiger partial charge in [0.05, 0.1) is 6.61 Å². The summed E-state index contributed by atoms with van der Waals surface area (Å²) in [6, 6.07) is -2.09. The van der Waals surface area contributed by atoms with Gasteiger partial charge in [0.1, 0.15) is 6.04 Å². The van der Waals surface area contributed by atoms with E-state index >= 15 is 0 Å². The van der Waals surface area contributed by atoms with Crippen molar-refractivity contribution in [3.8, 4) is 0 Å². The van der Waals surface area contributed by atoms with Gasteiger partial charge in [-0.05, 0) is 13.8 Å². The molecule has 0 aliphatic heterocycles. The molecule has 0 radical (unpaired) electrons. The molecule has 0 aliphatic carbocycles. The highest BCUT2D eigenvalue weighted by molar-refractivity contribution is 4.72. The molecule has 0 aromatic heterocycles. The Kier molecular flexibility index (Phi) is 3.82. The van der Waals surface area contributed by atoms with Crippen LogP contribution in [0.15, 0.2) is 0 Å². The Hall–Kier alpha value is -0.290. The second kappa shape index (κ2) is 3.92. The minimum atomic E-state index is -4.23. The molecule has 2 atom stereocenters. The van der Waals surface area contributed by atoms with Gasteiger partial charge < -0.3 is 10.4 Å². The van der Waals surface area contributed by atoms with Crippen molar-refractivity contribution >= 4 is 0 Å². The van der Waals surface area contributed by atoms with Gasteiger partial charge in [0.15, 0.2) is 0 Å². The monoisotopic (exact) mass is 171 g/mol. The van der Waals surface area contributed by atoms with Crippen LogP contribution in [0.25, 0.3) is 0 Å². The van der Waals surface area contributed by atoms with Crippen LogP contribution in [0.3, 0.4) is 0 Å². The molecule has 0 saturated carbocycles. The van der Waals surface area contributed by atoms with Crippen LogP contribution in [0, 0.1) is 0 Å². The summed E-state index contributed by atoms with van der Waals surface area (Å²) in [4.78, 5) is 0. The van der Waals surface area contributed by atoms with Crippen molar-refractivity contribution in [3.05, 3.63) is 0 Å². The van der Waals surface area contributed by atoms with Crippen LogP contribution < -0.4 is 5.32 Å². The Morgan fingerprint density at radius 1 is 1.36 bits per heavy atom. The van der Waals surface area contributed by atoms with E-state index in [-0.39, 0.29) is 6.61 Å². The number of hydrogen-bond donors (Lipinski definition) is 2. The summed E-state index contributed by atoms with van der Waals surface area (Å²) in [6.07, 6.45) is -4.23. The van der Waals surface area contributed by atoms with E-state index in [1.54, 1.807) is 0 Å². The lowest BCUT2D eigenvalue weighted by molar-refractivity contribution is -0.153. The van der Waals surface area contributed by atoms with Crippen LogP contribution in [0.5, 0.6) is 0 Å². The number of halogens is 3. The van der Waals surface area contributed by atoms with Crippen molar-refractivity contribution in [2.75, 3.05) is 6.61 Å². The number of aliphatic hydroxyl groups is 1. The molecule has 0 rings (SSSR count). The number of rotatable bonds is 3. The zero-order valence-electron chi connectivity index (χ0n) is 6.44. The minimum Gasteiger partial charge on any atom is -0.395 e. The van der Waals surface area contributed by atoms with Gasteiger partial charge in [-0.3, -0.25) is 0 Å². The first kappa shape index (κ1) is 10.7. The number of hydrogen-bond acceptors (Lipinski definition) is 2. The quantitative estimate of drug-likeness (QED) is 0.661. The molecule has 0 bridgehead atoms. The molecule has 1 unspecified atom stereocenters. The Bertz CT molecular complexity index is 115. The van der Waals surface area contributed by atoms with Crippen LogP contribution in [0.2, 0.25) is 0 Å². The minimum absolute atomic E-state index is 0.291. The Morgan fingerprint density at radius 3 is 2.09 bits per heavy atom. The highest BCUT2D eigenvalue weighted by Gasteiger charge is 2.36. The van der Waals surface area contributed by atoms with Gasteiger partial charge in [0, 0.05) is 6.04 Å². The largest absolute Gasteiger partial charge is 0.403 e. The molecule has 0 spiro atoms. The van der Waals surface area contributed by atoms with Crippen LogP contribution in [-0.4, -0.2) is 30.0 Å². The third-order valence-corrected chi connectivity index (χ3v) is 1.30. The van der Waals surface area contributed by atoms with Crippen LogP contribution in [0.1, 0.15) is 13.8 Å². The molecule has 0 heterocycles. The van der Waals surface area contributed by atoms with Crippen molar-refractivity contribution in [1.82, 2.24) is 5.32 Å². The van der Waals surface area contributed by atoms with E-state index in [1.165, 1.54) is 6.92 Å². The molecule has 0 aliphatic rings. The first-order valence-electron chi connectivity index (χ1n) is 3.31. The van der Waals surface area contributed by atoms with Gasteiger partial charge in [-0.25, -0.2) is 0 Å². The molecule has 68 valence electrons. The average Bonchev–Trinajstić information content (AvgIpc) is 1.85. The second-order valence-electron chi connectivity index (χ2n) is 2.51. The average molecular weight is 171 g/mol. The van der Waals surface area contributed by atoms with Gasteiger partial charge in [-0.1, -0.05) is 0 Å². The molecule has 2 N–H and O–H groups in total. The van der Waals surface area contributed by atoms with Gasteiger partial charge in [-0.15, -0.1) is 0 Å². The van der Waals surface area contributed by atoms with Crippen molar-refractivity contribution < 1.29 is 18.3 Å². The Balaban J connectivity index is 3.77. The molecule has 5 heteroatoms. The number of aliphatic hydroxyl groups excluding tert-OH is 1. The summed E-state index contributed by atoms with van der Waals surface area (Å²) in [6.45, 7) is 2.22. The molecule has 0 fully saturated rings. The van der Waals surface area contributed by atoms with E-state index in [0.717, 1.165) is 6.92 Å². The summed E-state index contributed by atoms with van der Waals surface area (Å²) in [5.41, 5.74) is 0. The summed E-state index contributed by atoms with van der Waals surface area (Å²) < 4.78 is 35.4. The van der Waals surface area contributed by atoms with E-state index < -0.39 is 18.3 Å². The van der Waals surface area contributed by atoms with Gasteiger partial charge in [-0.2, -0.15) is 13.2 Å². The SMILES string of the molecule is CC(N[C@@H](C)CO)C(F)(F)F. The zero-order chi connectivity index (χ0) is 9.07. The third-order valence-electron chi connectivity index (χ3n) is 1.30. The molecular weight excluding hydrogens is 159 g/mol. The fraction of sp³-hybridized carbons (Fsp3) is 1.00. The highest BCUT2D eigenvalue weighted by atomic mass is 19.4. The van der Waals surface area contributed by atoms with E-state index in [9.17, 15) is 13.2 Å². The Labute approximate surface area is 63.4 Å². The third kappa shape index (κ3) is 4.21. The predicted molar refractivity (Wildman–Crippen MR) is 35.2 cm³/mol. The van der Waals surface area contributed by atoms with Crippen LogP contribution >= 0.6 is 0 Å². The van der Waals surface area contributed by atoms with Gasteiger partial charge in [0.2, 0.25) is 0 Å². The van der Waals surface area contributed by atoms with Crippen LogP contribution in [-0.2, 0) is 0 Å². The number of nitrogens with one attached hydrogen (secondary N) is 1. The number of alkyl halides is 3. The molecule has 0 amide bonds. The smallest absolute Gasteiger partial charge is 0.395 e. The fourth-order valence-corrected chi connectivity index (χ4v) is 0.574. The first-order chi connectivity index (χ1) is 4.88. The maximum atomic E-state index is 11.8. The lowest BCUT2D eigenvalue weighted by Gasteiger charge is -2.20. The van der Waals surface area contributed by atoms with Crippen LogP contribution in [0.4, 0.5) is 13.2 Å². The fourth-order valence-electron chi connectivity index (χ4n) is 0.574. The zero-order valence-corrected chi connectivity index (χ0v) is 6.44. The van der Waals surface area contributed by atoms with Gasteiger partial charge >= 0.3 is 6.18 Å². The first-order valence-corrected chi connectivity index (χ1v) is 3.31. The standard InChI is InChI=1S/C6H12F3NO/c1-4(3-11)10-5(2)6(7,8)9/h4-5,10-11H,3H2,1-2H3/t4-,5?/m0/s1. The maximum Gasteiger partial charge on any atom is 0.403 e. The summed E-state index contributed by atoms with van der Waals surface area (Å²) >= 11 is 0. The molecule has 0 aromatic rings. The molecule has 11 heavy (non-hydrogen) atoms. The van der Waals surface area contributed by atoms with E-state index in [2.05, 4.69) is 5.32 Å². The van der Waals surface area contributed by atoms with Crippen molar-refractivity contribution in [2.24, 2.45) is 0 Å². The second-order valence-corrected chi connectivity index (χ2v) is 2.51. The molecular formula is C6H12F3NO. The summed E-state index contributed by atoms with van der Waals surface area (Å²) in [7, 11) is 0. The summed E-state index contributed by atoms with van der Waals surface area (Å²) in [5.74, 6) is 0. The molecule has 2 nitrogen and oxygen atoms in total. The van der Waals surface area contributed by atoms with Crippen molar-refractivity contribution in [2.45, 2.75) is 32.1 Å². The van der Waals surface area contributed by atoms with Crippen molar-refractivity contribution in [1.29, 1.82) is 0 Å². The van der Waals surface area contributed by atoms with Gasteiger partial charge in [0.25, 0.3) is 0 Å². The topological polar surface area (TPSA) is 32.3 Å². The summed E-state index contributed by atoms with van der Waals surface area (Å²) in [5, 5.41) is 10.6. The van der Waals surface area contributed by atoms with E-state index in [4.69, 9.17) is 5.11 Å². The van der Waals surface area contributed by atoms with Crippen molar-refractivity contribution in [3.63, 3.8) is 0 Å². The van der Waals surface area contributed by atoms with E-state index in [0.29, 0.717) is 0 Å². The maximum absolute atomic E-state index is 11.8. The lowest BCUT2D eigenvalue weighted by Crippen LogP contribution is -2.45. The normalized spacial score (nSPS) is 18.0. The molecule has 0 aromatic carbocycles. The lowest BCUT2D eigenvalue weighted by atomic mass is 10.2. The Morgan fingerprint density at radius 2 is 1.82 bits per heavy atom. The molecule has 0 saturated heterocycles. The highest BCUT2D eigenvalue weighted by Crippen LogP contribution is 2.19.